The SMILES string of the molecule is C/C=N/NC(=O)CN(C)C. The van der Waals surface area contributed by atoms with Gasteiger partial charge in [-0.15, -0.1) is 0 Å². The van der Waals surface area contributed by atoms with Gasteiger partial charge in [-0.05, 0) is 21.0 Å². The van der Waals surface area contributed by atoms with E-state index in [9.17, 15) is 4.79 Å². The Balaban J connectivity index is 3.44. The summed E-state index contributed by atoms with van der Waals surface area (Å²) in [5.74, 6) is -0.0944. The van der Waals surface area contributed by atoms with Gasteiger partial charge in [-0.2, -0.15) is 5.10 Å². The van der Waals surface area contributed by atoms with Crippen molar-refractivity contribution >= 4 is 12.1 Å². The number of nitrogens with one attached hydrogen (secondary N) is 1. The average molecular weight is 143 g/mol. The Morgan fingerprint density at radius 3 is 2.70 bits per heavy atom. The molecule has 58 valence electrons. The van der Waals surface area contributed by atoms with Gasteiger partial charge in [0.05, 0.1) is 6.54 Å². The maximum atomic E-state index is 10.7. The number of hydrogen-bond acceptors (Lipinski definition) is 3. The summed E-state index contributed by atoms with van der Waals surface area (Å²) in [5.41, 5.74) is 2.35. The molecule has 0 heterocycles. The first kappa shape index (κ1) is 9.10. The van der Waals surface area contributed by atoms with E-state index in [4.69, 9.17) is 0 Å². The Bertz CT molecular complexity index is 131. The van der Waals surface area contributed by atoms with Crippen molar-refractivity contribution in [2.24, 2.45) is 5.10 Å². The third kappa shape index (κ3) is 5.24. The molecule has 1 amide bonds. The third-order valence-corrected chi connectivity index (χ3v) is 0.778. The van der Waals surface area contributed by atoms with Crippen LogP contribution >= 0.6 is 0 Å². The third-order valence-electron chi connectivity index (χ3n) is 0.778. The van der Waals surface area contributed by atoms with Crippen molar-refractivity contribution in [1.82, 2.24) is 10.3 Å². The number of likely N-dealkylation sites (N-methyl/N-ethyl adjacent to an activating group) is 1. The van der Waals surface area contributed by atoms with Crippen LogP contribution in [0.4, 0.5) is 0 Å². The molecule has 0 saturated heterocycles. The van der Waals surface area contributed by atoms with E-state index < -0.39 is 0 Å². The van der Waals surface area contributed by atoms with Gasteiger partial charge in [0.15, 0.2) is 0 Å². The summed E-state index contributed by atoms with van der Waals surface area (Å²) >= 11 is 0. The fourth-order valence-corrected chi connectivity index (χ4v) is 0.459. The van der Waals surface area contributed by atoms with Crippen LogP contribution in [0.3, 0.4) is 0 Å². The van der Waals surface area contributed by atoms with Crippen LogP contribution in [0.5, 0.6) is 0 Å². The Labute approximate surface area is 60.9 Å². The molecule has 1 N–H and O–H groups in total. The Morgan fingerprint density at radius 2 is 2.30 bits per heavy atom. The van der Waals surface area contributed by atoms with Crippen LogP contribution in [0.15, 0.2) is 5.10 Å². The van der Waals surface area contributed by atoms with Crippen LogP contribution in [0.25, 0.3) is 0 Å². The second-order valence-electron chi connectivity index (χ2n) is 2.16. The second kappa shape index (κ2) is 4.93. The summed E-state index contributed by atoms with van der Waals surface area (Å²) in [7, 11) is 3.66. The van der Waals surface area contributed by atoms with E-state index in [1.54, 1.807) is 11.8 Å². The minimum Gasteiger partial charge on any atom is -0.301 e. The predicted molar refractivity (Wildman–Crippen MR) is 40.9 cm³/mol. The smallest absolute Gasteiger partial charge is 0.254 e. The normalized spacial score (nSPS) is 10.8. The lowest BCUT2D eigenvalue weighted by molar-refractivity contribution is -0.121. The highest BCUT2D eigenvalue weighted by Gasteiger charge is 1.98. The Morgan fingerprint density at radius 1 is 1.70 bits per heavy atom. The molecule has 10 heavy (non-hydrogen) atoms. The number of hydrazone groups is 1. The van der Waals surface area contributed by atoms with Crippen molar-refractivity contribution in [2.75, 3.05) is 20.6 Å². The molecule has 0 aromatic carbocycles. The van der Waals surface area contributed by atoms with Crippen LogP contribution in [-0.2, 0) is 4.79 Å². The molecule has 0 radical (unpaired) electrons. The topological polar surface area (TPSA) is 44.7 Å². The van der Waals surface area contributed by atoms with E-state index in [2.05, 4.69) is 10.5 Å². The molecule has 0 aromatic heterocycles. The number of carbonyl (C=O) groups is 1. The zero-order valence-electron chi connectivity index (χ0n) is 6.59. The molecule has 0 aliphatic rings. The number of hydrogen-bond donors (Lipinski definition) is 1. The van der Waals surface area contributed by atoms with Gasteiger partial charge < -0.3 is 4.90 Å². The second-order valence-corrected chi connectivity index (χ2v) is 2.16. The molecule has 0 atom stereocenters. The van der Waals surface area contributed by atoms with E-state index in [1.807, 2.05) is 14.1 Å². The van der Waals surface area contributed by atoms with E-state index >= 15 is 0 Å². The summed E-state index contributed by atoms with van der Waals surface area (Å²) in [6, 6.07) is 0. The van der Waals surface area contributed by atoms with Crippen LogP contribution < -0.4 is 5.43 Å². The first-order chi connectivity index (χ1) is 4.66. The summed E-state index contributed by atoms with van der Waals surface area (Å²) in [6.45, 7) is 2.12. The molecule has 0 aromatic rings. The molecule has 0 bridgehead atoms. The lowest BCUT2D eigenvalue weighted by Gasteiger charge is -2.06. The summed E-state index contributed by atoms with van der Waals surface area (Å²) in [5, 5.41) is 3.57. The van der Waals surface area contributed by atoms with E-state index in [1.165, 1.54) is 6.21 Å². The van der Waals surface area contributed by atoms with Gasteiger partial charge >= 0.3 is 0 Å². The van der Waals surface area contributed by atoms with Gasteiger partial charge in [0.1, 0.15) is 0 Å². The molecule has 0 spiro atoms. The molecular formula is C6H13N3O. The highest BCUT2D eigenvalue weighted by atomic mass is 16.2. The van der Waals surface area contributed by atoms with Crippen LogP contribution in [0, 0.1) is 0 Å². The lowest BCUT2D eigenvalue weighted by Crippen LogP contribution is -2.30. The van der Waals surface area contributed by atoms with Crippen LogP contribution in [0.2, 0.25) is 0 Å². The molecule has 0 aliphatic carbocycles. The van der Waals surface area contributed by atoms with E-state index in [-0.39, 0.29) is 5.91 Å². The van der Waals surface area contributed by atoms with Gasteiger partial charge in [-0.3, -0.25) is 4.79 Å². The molecule has 0 rings (SSSR count). The monoisotopic (exact) mass is 143 g/mol. The zero-order chi connectivity index (χ0) is 7.98. The largest absolute Gasteiger partial charge is 0.301 e. The van der Waals surface area contributed by atoms with Crippen LogP contribution in [0.1, 0.15) is 6.92 Å². The zero-order valence-corrected chi connectivity index (χ0v) is 6.59. The van der Waals surface area contributed by atoms with Gasteiger partial charge in [0.2, 0.25) is 0 Å². The van der Waals surface area contributed by atoms with Crippen molar-refractivity contribution in [3.05, 3.63) is 0 Å². The van der Waals surface area contributed by atoms with Gasteiger partial charge in [-0.25, -0.2) is 5.43 Å². The number of nitrogens with zero attached hydrogens (tertiary/aromatic N) is 2. The minimum atomic E-state index is -0.0944. The van der Waals surface area contributed by atoms with Crippen molar-refractivity contribution in [3.8, 4) is 0 Å². The molecule has 4 heteroatoms. The van der Waals surface area contributed by atoms with Gasteiger partial charge in [0.25, 0.3) is 5.91 Å². The van der Waals surface area contributed by atoms with Crippen molar-refractivity contribution < 1.29 is 4.79 Å². The van der Waals surface area contributed by atoms with Crippen molar-refractivity contribution in [1.29, 1.82) is 0 Å². The molecule has 0 unspecified atom stereocenters. The highest BCUT2D eigenvalue weighted by Crippen LogP contribution is 1.72. The number of amides is 1. The number of rotatable bonds is 3. The Kier molecular flexibility index (Phi) is 4.49. The maximum Gasteiger partial charge on any atom is 0.254 e. The van der Waals surface area contributed by atoms with E-state index in [0.29, 0.717) is 6.54 Å². The molecular weight excluding hydrogens is 130 g/mol. The summed E-state index contributed by atoms with van der Waals surface area (Å²) in [4.78, 5) is 12.5. The first-order valence-corrected chi connectivity index (χ1v) is 3.08. The predicted octanol–water partition coefficient (Wildman–Crippen LogP) is -0.330. The standard InChI is InChI=1S/C6H13N3O/c1-4-7-8-6(10)5-9(2)3/h4H,5H2,1-3H3,(H,8,10)/b7-4+. The quantitative estimate of drug-likeness (QED) is 0.434. The van der Waals surface area contributed by atoms with E-state index in [0.717, 1.165) is 0 Å². The highest BCUT2D eigenvalue weighted by molar-refractivity contribution is 5.78. The van der Waals surface area contributed by atoms with Crippen molar-refractivity contribution in [2.45, 2.75) is 6.92 Å². The lowest BCUT2D eigenvalue weighted by atomic mass is 10.6. The first-order valence-electron chi connectivity index (χ1n) is 3.08. The average Bonchev–Trinajstić information content (AvgIpc) is 1.82. The maximum absolute atomic E-state index is 10.7. The molecule has 0 fully saturated rings. The Hall–Kier alpha value is -0.900. The molecule has 0 aliphatic heterocycles. The summed E-state index contributed by atoms with van der Waals surface area (Å²) < 4.78 is 0. The fourth-order valence-electron chi connectivity index (χ4n) is 0.459. The van der Waals surface area contributed by atoms with Gasteiger partial charge in [-0.1, -0.05) is 0 Å². The van der Waals surface area contributed by atoms with Crippen LogP contribution in [-0.4, -0.2) is 37.7 Å². The molecule has 0 saturated carbocycles. The molecule has 4 nitrogen and oxygen atoms in total. The van der Waals surface area contributed by atoms with Crippen molar-refractivity contribution in [3.63, 3.8) is 0 Å². The van der Waals surface area contributed by atoms with Gasteiger partial charge in [0, 0.05) is 6.21 Å². The minimum absolute atomic E-state index is 0.0944. The number of carbonyl (C=O) groups excluding carboxylic acids is 1. The fraction of sp³-hybridized carbons (Fsp3) is 0.667. The summed E-state index contributed by atoms with van der Waals surface area (Å²) in [6.07, 6.45) is 1.54.